The Morgan fingerprint density at radius 3 is 2.96 bits per heavy atom. The highest BCUT2D eigenvalue weighted by atomic mass is 32.2. The molecule has 0 unspecified atom stereocenters. The second kappa shape index (κ2) is 6.57. The number of nitrogens with zero attached hydrogens (tertiary/aromatic N) is 5. The van der Waals surface area contributed by atoms with Gasteiger partial charge in [-0.15, -0.1) is 21.5 Å². The summed E-state index contributed by atoms with van der Waals surface area (Å²) in [6.07, 6.45) is 2.09. The van der Waals surface area contributed by atoms with E-state index in [1.54, 1.807) is 29.7 Å². The van der Waals surface area contributed by atoms with Crippen LogP contribution in [0, 0.1) is 6.92 Å². The van der Waals surface area contributed by atoms with Gasteiger partial charge in [-0.2, -0.15) is 4.98 Å². The molecule has 0 N–H and O–H groups in total. The van der Waals surface area contributed by atoms with Crippen LogP contribution in [-0.4, -0.2) is 25.3 Å². The lowest BCUT2D eigenvalue weighted by Crippen LogP contribution is -1.88. The number of thiazole rings is 1. The van der Waals surface area contributed by atoms with Crippen molar-refractivity contribution in [3.05, 3.63) is 46.3 Å². The van der Waals surface area contributed by atoms with Crippen molar-refractivity contribution >= 4 is 23.1 Å². The van der Waals surface area contributed by atoms with Crippen molar-refractivity contribution in [1.29, 1.82) is 0 Å². The number of aromatic nitrogens is 5. The average molecular weight is 361 g/mol. The van der Waals surface area contributed by atoms with Gasteiger partial charge in [0, 0.05) is 5.38 Å². The van der Waals surface area contributed by atoms with E-state index in [2.05, 4.69) is 25.3 Å². The highest BCUT2D eigenvalue weighted by Gasteiger charge is 2.14. The molecule has 0 spiro atoms. The Hall–Kier alpha value is -2.46. The first-order chi connectivity index (χ1) is 11.8. The average Bonchev–Trinajstić information content (AvgIpc) is 3.34. The molecule has 24 heavy (non-hydrogen) atoms. The van der Waals surface area contributed by atoms with Crippen LogP contribution in [0.15, 0.2) is 42.4 Å². The molecule has 0 amide bonds. The van der Waals surface area contributed by atoms with Gasteiger partial charge in [0.25, 0.3) is 5.22 Å². The van der Waals surface area contributed by atoms with Gasteiger partial charge in [-0.1, -0.05) is 16.9 Å². The molecule has 4 rings (SSSR count). The molecule has 4 heterocycles. The molecule has 0 saturated carbocycles. The van der Waals surface area contributed by atoms with Crippen LogP contribution < -0.4 is 0 Å². The fraction of sp³-hybridized carbons (Fsp3) is 0.214. The largest absolute Gasteiger partial charge is 0.461 e. The van der Waals surface area contributed by atoms with E-state index in [0.717, 1.165) is 10.7 Å². The monoisotopic (exact) mass is 361 g/mol. The predicted octanol–water partition coefficient (Wildman–Crippen LogP) is 3.36. The van der Waals surface area contributed by atoms with E-state index in [1.165, 1.54) is 11.8 Å². The minimum absolute atomic E-state index is 0.417. The Labute approximate surface area is 144 Å². The summed E-state index contributed by atoms with van der Waals surface area (Å²) < 4.78 is 16.0. The van der Waals surface area contributed by atoms with Gasteiger partial charge < -0.3 is 13.4 Å². The predicted molar refractivity (Wildman–Crippen MR) is 85.5 cm³/mol. The number of rotatable bonds is 6. The van der Waals surface area contributed by atoms with Crippen molar-refractivity contribution in [3.63, 3.8) is 0 Å². The SMILES string of the molecule is Cc1nc(Cc2nnc(SCc3nc(-c4ccco4)no3)o2)cs1. The van der Waals surface area contributed by atoms with Crippen molar-refractivity contribution in [3.8, 4) is 11.6 Å². The van der Waals surface area contributed by atoms with Gasteiger partial charge in [-0.25, -0.2) is 4.98 Å². The van der Waals surface area contributed by atoms with Crippen molar-refractivity contribution in [2.75, 3.05) is 0 Å². The Morgan fingerprint density at radius 1 is 1.21 bits per heavy atom. The molecule has 122 valence electrons. The third kappa shape index (κ3) is 3.39. The summed E-state index contributed by atoms with van der Waals surface area (Å²) in [5.74, 6) is 2.41. The molecule has 0 aliphatic heterocycles. The molecule has 4 aromatic rings. The van der Waals surface area contributed by atoms with Crippen LogP contribution in [0.5, 0.6) is 0 Å². The van der Waals surface area contributed by atoms with E-state index in [-0.39, 0.29) is 0 Å². The van der Waals surface area contributed by atoms with Crippen LogP contribution in [-0.2, 0) is 12.2 Å². The van der Waals surface area contributed by atoms with Gasteiger partial charge in [0.15, 0.2) is 5.76 Å². The first kappa shape index (κ1) is 15.1. The fourth-order valence-electron chi connectivity index (χ4n) is 1.96. The van der Waals surface area contributed by atoms with E-state index in [0.29, 0.717) is 40.8 Å². The summed E-state index contributed by atoms with van der Waals surface area (Å²) in [6.45, 7) is 1.96. The Bertz CT molecular complexity index is 928. The molecule has 0 saturated heterocycles. The normalized spacial score (nSPS) is 11.2. The van der Waals surface area contributed by atoms with E-state index in [1.807, 2.05) is 12.3 Å². The summed E-state index contributed by atoms with van der Waals surface area (Å²) in [5.41, 5.74) is 0.928. The zero-order chi connectivity index (χ0) is 16.4. The Morgan fingerprint density at radius 2 is 2.17 bits per heavy atom. The summed E-state index contributed by atoms with van der Waals surface area (Å²) in [4.78, 5) is 8.63. The van der Waals surface area contributed by atoms with Gasteiger partial charge in [-0.05, 0) is 19.1 Å². The molecule has 0 atom stereocenters. The van der Waals surface area contributed by atoms with Crippen LogP contribution in [0.3, 0.4) is 0 Å². The zero-order valence-electron chi connectivity index (χ0n) is 12.5. The molecule has 0 fully saturated rings. The van der Waals surface area contributed by atoms with Crippen LogP contribution in [0.25, 0.3) is 11.6 Å². The molecular weight excluding hydrogens is 350 g/mol. The molecule has 0 aromatic carbocycles. The lowest BCUT2D eigenvalue weighted by atomic mass is 10.3. The Balaban J connectivity index is 1.36. The number of hydrogen-bond acceptors (Lipinski definition) is 10. The maximum Gasteiger partial charge on any atom is 0.277 e. The fourth-order valence-corrected chi connectivity index (χ4v) is 3.19. The minimum Gasteiger partial charge on any atom is -0.461 e. The maximum absolute atomic E-state index is 5.59. The zero-order valence-corrected chi connectivity index (χ0v) is 14.1. The second-order valence-corrected chi connectivity index (χ2v) is 6.76. The first-order valence-corrected chi connectivity index (χ1v) is 8.85. The standard InChI is InChI=1S/C14H11N5O3S2/c1-8-15-9(6-23-8)5-11-17-18-14(21-11)24-7-12-16-13(19-22-12)10-3-2-4-20-10/h2-4,6H,5,7H2,1H3. The van der Waals surface area contributed by atoms with Crippen LogP contribution in [0.1, 0.15) is 22.5 Å². The minimum atomic E-state index is 0.417. The van der Waals surface area contributed by atoms with E-state index < -0.39 is 0 Å². The van der Waals surface area contributed by atoms with Crippen molar-refractivity contribution in [2.24, 2.45) is 0 Å². The van der Waals surface area contributed by atoms with Gasteiger partial charge >= 0.3 is 0 Å². The number of hydrogen-bond donors (Lipinski definition) is 0. The molecule has 0 aliphatic rings. The van der Waals surface area contributed by atoms with E-state index in [4.69, 9.17) is 13.4 Å². The van der Waals surface area contributed by atoms with E-state index >= 15 is 0 Å². The first-order valence-electron chi connectivity index (χ1n) is 6.99. The molecule has 0 aliphatic carbocycles. The van der Waals surface area contributed by atoms with Crippen molar-refractivity contribution in [2.45, 2.75) is 24.3 Å². The summed E-state index contributed by atoms with van der Waals surface area (Å²) >= 11 is 2.93. The van der Waals surface area contributed by atoms with Crippen molar-refractivity contribution < 1.29 is 13.4 Å². The number of furan rings is 1. The van der Waals surface area contributed by atoms with Crippen LogP contribution in [0.4, 0.5) is 0 Å². The lowest BCUT2D eigenvalue weighted by Gasteiger charge is -1.90. The maximum atomic E-state index is 5.59. The van der Waals surface area contributed by atoms with Gasteiger partial charge in [0.05, 0.1) is 29.1 Å². The summed E-state index contributed by atoms with van der Waals surface area (Å²) in [7, 11) is 0. The summed E-state index contributed by atoms with van der Waals surface area (Å²) in [5, 5.41) is 15.4. The quantitative estimate of drug-likeness (QED) is 0.478. The number of thioether (sulfide) groups is 1. The van der Waals surface area contributed by atoms with Gasteiger partial charge in [0.2, 0.25) is 17.6 Å². The highest BCUT2D eigenvalue weighted by Crippen LogP contribution is 2.23. The molecule has 4 aromatic heterocycles. The van der Waals surface area contributed by atoms with E-state index in [9.17, 15) is 0 Å². The number of aryl methyl sites for hydroxylation is 1. The topological polar surface area (TPSA) is 104 Å². The molecule has 0 bridgehead atoms. The highest BCUT2D eigenvalue weighted by molar-refractivity contribution is 7.98. The molecular formula is C14H11N5O3S2. The molecule has 0 radical (unpaired) electrons. The second-order valence-electron chi connectivity index (χ2n) is 4.77. The van der Waals surface area contributed by atoms with Crippen LogP contribution >= 0.6 is 23.1 Å². The van der Waals surface area contributed by atoms with Crippen molar-refractivity contribution in [1.82, 2.24) is 25.3 Å². The smallest absolute Gasteiger partial charge is 0.277 e. The third-order valence-electron chi connectivity index (χ3n) is 2.98. The third-order valence-corrected chi connectivity index (χ3v) is 4.60. The Kier molecular flexibility index (Phi) is 4.13. The molecule has 10 heteroatoms. The lowest BCUT2D eigenvalue weighted by molar-refractivity contribution is 0.388. The van der Waals surface area contributed by atoms with Crippen LogP contribution in [0.2, 0.25) is 0 Å². The summed E-state index contributed by atoms with van der Waals surface area (Å²) in [6, 6.07) is 3.54. The molecule has 8 nitrogen and oxygen atoms in total. The van der Waals surface area contributed by atoms with Gasteiger partial charge in [-0.3, -0.25) is 0 Å². The van der Waals surface area contributed by atoms with Gasteiger partial charge in [0.1, 0.15) is 0 Å².